The van der Waals surface area contributed by atoms with Crippen molar-refractivity contribution < 1.29 is 23.4 Å². The standard InChI is InChI=1S/C24H28FN3O4/c1-24(2,3)23(29)32-13-28-22(26-16-8-6-7-15(25)11-16)18-9-14-10-19(30-4)20(31-5)12-17(14)21(18)27-28/h6-8,10,12,15,26H,9,11,13H2,1-5H3. The van der Waals surface area contributed by atoms with E-state index in [0.29, 0.717) is 23.7 Å². The molecule has 0 saturated carbocycles. The highest BCUT2D eigenvalue weighted by Crippen LogP contribution is 2.45. The van der Waals surface area contributed by atoms with Crippen LogP contribution in [0.3, 0.4) is 0 Å². The van der Waals surface area contributed by atoms with E-state index < -0.39 is 11.6 Å². The highest BCUT2D eigenvalue weighted by Gasteiger charge is 2.31. The van der Waals surface area contributed by atoms with Gasteiger partial charge in [0.1, 0.15) is 12.0 Å². The molecule has 0 aliphatic heterocycles. The molecular formula is C24H28FN3O4. The Morgan fingerprint density at radius 2 is 1.97 bits per heavy atom. The van der Waals surface area contributed by atoms with Crippen LogP contribution in [0.1, 0.15) is 38.3 Å². The smallest absolute Gasteiger partial charge is 0.313 e. The number of benzene rings is 1. The Balaban J connectivity index is 1.72. The molecule has 7 nitrogen and oxygen atoms in total. The first-order chi connectivity index (χ1) is 15.2. The molecule has 0 saturated heterocycles. The van der Waals surface area contributed by atoms with Crippen molar-refractivity contribution in [2.75, 3.05) is 19.5 Å². The molecule has 4 rings (SSSR count). The van der Waals surface area contributed by atoms with Crippen molar-refractivity contribution in [3.63, 3.8) is 0 Å². The molecule has 1 unspecified atom stereocenters. The number of carbonyl (C=O) groups is 1. The molecule has 2 aromatic rings. The number of carbonyl (C=O) groups excluding carboxylic acids is 1. The highest BCUT2D eigenvalue weighted by atomic mass is 19.1. The number of methoxy groups -OCH3 is 2. The average molecular weight is 442 g/mol. The minimum Gasteiger partial charge on any atom is -0.493 e. The van der Waals surface area contributed by atoms with Gasteiger partial charge in [-0.3, -0.25) is 4.79 Å². The molecular weight excluding hydrogens is 413 g/mol. The monoisotopic (exact) mass is 441 g/mol. The normalized spacial score (nSPS) is 16.8. The summed E-state index contributed by atoms with van der Waals surface area (Å²) in [6.45, 7) is 5.35. The third kappa shape index (κ3) is 4.09. The predicted octanol–water partition coefficient (Wildman–Crippen LogP) is 4.61. The van der Waals surface area contributed by atoms with E-state index in [1.54, 1.807) is 45.7 Å². The number of halogens is 1. The van der Waals surface area contributed by atoms with Crippen LogP contribution in [0, 0.1) is 5.41 Å². The van der Waals surface area contributed by atoms with Crippen molar-refractivity contribution in [2.24, 2.45) is 5.41 Å². The molecule has 8 heteroatoms. The minimum atomic E-state index is -1.05. The van der Waals surface area contributed by atoms with Gasteiger partial charge < -0.3 is 19.5 Å². The third-order valence-corrected chi connectivity index (χ3v) is 5.52. The van der Waals surface area contributed by atoms with E-state index in [2.05, 4.69) is 5.32 Å². The SMILES string of the molecule is COc1cc2c(cc1OC)-c1nn(COC(=O)C(C)(C)C)c(NC3=CC=CC(F)C3)c1C2. The fourth-order valence-corrected chi connectivity index (χ4v) is 3.81. The van der Waals surface area contributed by atoms with Crippen LogP contribution in [0.2, 0.25) is 0 Å². The average Bonchev–Trinajstić information content (AvgIpc) is 3.26. The Hall–Kier alpha value is -3.29. The van der Waals surface area contributed by atoms with E-state index in [-0.39, 0.29) is 19.1 Å². The molecule has 1 N–H and O–H groups in total. The summed E-state index contributed by atoms with van der Waals surface area (Å²) in [5.41, 5.74) is 3.83. The topological polar surface area (TPSA) is 74.6 Å². The number of nitrogens with zero attached hydrogens (tertiary/aromatic N) is 2. The van der Waals surface area contributed by atoms with E-state index in [1.807, 2.05) is 18.2 Å². The van der Waals surface area contributed by atoms with Crippen molar-refractivity contribution in [1.82, 2.24) is 9.78 Å². The number of rotatable bonds is 6. The van der Waals surface area contributed by atoms with Gasteiger partial charge in [0.15, 0.2) is 18.2 Å². The maximum atomic E-state index is 13.9. The lowest BCUT2D eigenvalue weighted by Gasteiger charge is -2.19. The lowest BCUT2D eigenvalue weighted by Crippen LogP contribution is -2.25. The molecule has 0 bridgehead atoms. The quantitative estimate of drug-likeness (QED) is 0.563. The lowest BCUT2D eigenvalue weighted by molar-refractivity contribution is -0.157. The van der Waals surface area contributed by atoms with E-state index in [0.717, 1.165) is 28.1 Å². The van der Waals surface area contributed by atoms with Gasteiger partial charge in [0, 0.05) is 29.7 Å². The van der Waals surface area contributed by atoms with Crippen LogP contribution in [0.5, 0.6) is 11.5 Å². The minimum absolute atomic E-state index is 0.0454. The second-order valence-electron chi connectivity index (χ2n) is 8.95. The Kier molecular flexibility index (Phi) is 5.71. The first-order valence-electron chi connectivity index (χ1n) is 10.5. The van der Waals surface area contributed by atoms with Crippen LogP contribution in [-0.4, -0.2) is 36.1 Å². The van der Waals surface area contributed by atoms with Crippen LogP contribution < -0.4 is 14.8 Å². The van der Waals surface area contributed by atoms with Gasteiger partial charge in [0.05, 0.1) is 25.3 Å². The zero-order chi connectivity index (χ0) is 23.0. The Morgan fingerprint density at radius 1 is 1.25 bits per heavy atom. The van der Waals surface area contributed by atoms with Gasteiger partial charge in [-0.15, -0.1) is 0 Å². The maximum Gasteiger partial charge on any atom is 0.313 e. The summed E-state index contributed by atoms with van der Waals surface area (Å²) in [6.07, 6.45) is 4.87. The Bertz CT molecular complexity index is 1110. The van der Waals surface area contributed by atoms with Crippen molar-refractivity contribution >= 4 is 11.8 Å². The van der Waals surface area contributed by atoms with E-state index in [9.17, 15) is 9.18 Å². The number of allylic oxidation sites excluding steroid dienone is 4. The van der Waals surface area contributed by atoms with Crippen molar-refractivity contribution in [1.29, 1.82) is 0 Å². The van der Waals surface area contributed by atoms with Gasteiger partial charge in [0.2, 0.25) is 0 Å². The summed E-state index contributed by atoms with van der Waals surface area (Å²) in [6, 6.07) is 3.85. The van der Waals surface area contributed by atoms with E-state index >= 15 is 0 Å². The van der Waals surface area contributed by atoms with Gasteiger partial charge >= 0.3 is 5.97 Å². The van der Waals surface area contributed by atoms with Crippen LogP contribution in [0.15, 0.2) is 36.1 Å². The zero-order valence-electron chi connectivity index (χ0n) is 19.0. The van der Waals surface area contributed by atoms with Crippen LogP contribution >= 0.6 is 0 Å². The molecule has 2 aliphatic carbocycles. The first-order valence-corrected chi connectivity index (χ1v) is 10.5. The molecule has 0 radical (unpaired) electrons. The van der Waals surface area contributed by atoms with Crippen LogP contribution in [0.4, 0.5) is 10.2 Å². The fraction of sp³-hybridized carbons (Fsp3) is 0.417. The number of hydrogen-bond acceptors (Lipinski definition) is 6. The largest absolute Gasteiger partial charge is 0.493 e. The zero-order valence-corrected chi connectivity index (χ0v) is 19.0. The number of anilines is 1. The number of ether oxygens (including phenoxy) is 3. The van der Waals surface area contributed by atoms with Crippen molar-refractivity contribution in [2.45, 2.75) is 46.5 Å². The lowest BCUT2D eigenvalue weighted by atomic mass is 9.98. The predicted molar refractivity (Wildman–Crippen MR) is 119 cm³/mol. The molecule has 32 heavy (non-hydrogen) atoms. The number of esters is 1. The summed E-state index contributed by atoms with van der Waals surface area (Å²) >= 11 is 0. The number of aromatic nitrogens is 2. The molecule has 1 aromatic carbocycles. The molecule has 0 fully saturated rings. The summed E-state index contributed by atoms with van der Waals surface area (Å²) in [5, 5.41) is 8.07. The van der Waals surface area contributed by atoms with Crippen molar-refractivity contribution in [3.05, 3.63) is 47.2 Å². The fourth-order valence-electron chi connectivity index (χ4n) is 3.81. The number of hydrogen-bond donors (Lipinski definition) is 1. The molecule has 0 amide bonds. The highest BCUT2D eigenvalue weighted by molar-refractivity contribution is 5.81. The molecule has 0 spiro atoms. The summed E-state index contributed by atoms with van der Waals surface area (Å²) < 4.78 is 32.0. The van der Waals surface area contributed by atoms with Gasteiger partial charge in [-0.2, -0.15) is 5.10 Å². The Labute approximate surface area is 186 Å². The number of nitrogens with one attached hydrogen (secondary N) is 1. The van der Waals surface area contributed by atoms with E-state index in [4.69, 9.17) is 19.3 Å². The molecule has 170 valence electrons. The molecule has 1 atom stereocenters. The number of alkyl halides is 1. The maximum absolute atomic E-state index is 13.9. The summed E-state index contributed by atoms with van der Waals surface area (Å²) in [4.78, 5) is 12.3. The van der Waals surface area contributed by atoms with Gasteiger partial charge in [0.25, 0.3) is 0 Å². The molecule has 1 aromatic heterocycles. The van der Waals surface area contributed by atoms with Gasteiger partial charge in [-0.1, -0.05) is 12.2 Å². The summed E-state index contributed by atoms with van der Waals surface area (Å²) in [7, 11) is 3.19. The first kappa shape index (κ1) is 21.9. The second kappa shape index (κ2) is 8.33. The second-order valence-corrected chi connectivity index (χ2v) is 8.95. The van der Waals surface area contributed by atoms with Crippen LogP contribution in [-0.2, 0) is 22.7 Å². The number of fused-ring (bicyclic) bond motifs is 3. The van der Waals surface area contributed by atoms with Gasteiger partial charge in [-0.05, 0) is 44.5 Å². The van der Waals surface area contributed by atoms with Gasteiger partial charge in [-0.25, -0.2) is 9.07 Å². The van der Waals surface area contributed by atoms with E-state index in [1.165, 1.54) is 6.08 Å². The van der Waals surface area contributed by atoms with Crippen LogP contribution in [0.25, 0.3) is 11.3 Å². The summed E-state index contributed by atoms with van der Waals surface area (Å²) in [5.74, 6) is 1.63. The van der Waals surface area contributed by atoms with Crippen molar-refractivity contribution in [3.8, 4) is 22.8 Å². The third-order valence-electron chi connectivity index (χ3n) is 5.52. The Morgan fingerprint density at radius 3 is 2.62 bits per heavy atom. The molecule has 2 aliphatic rings. The molecule has 1 heterocycles.